The summed E-state index contributed by atoms with van der Waals surface area (Å²) in [7, 11) is -2.44. The number of sulfonamides is 1. The molecule has 3 unspecified atom stereocenters. The number of rotatable bonds is 5. The van der Waals surface area contributed by atoms with Crippen LogP contribution in [-0.4, -0.2) is 45.0 Å². The number of piperidine rings is 1. The fourth-order valence-electron chi connectivity index (χ4n) is 3.20. The standard InChI is InChI=1S/C18H24N2O5S/c1-12-7-13(2)11-20(10-12)26(22,23)17-8-15(5-6-16(17)24-4)18(21)25-14(3)9-19/h5-6,8,12-14H,7,10-11H2,1-4H3. The third kappa shape index (κ3) is 4.34. The predicted molar refractivity (Wildman–Crippen MR) is 95.2 cm³/mol. The summed E-state index contributed by atoms with van der Waals surface area (Å²) < 4.78 is 37.9. The fraction of sp³-hybridized carbons (Fsp3) is 0.556. The van der Waals surface area contributed by atoms with Gasteiger partial charge in [-0.25, -0.2) is 13.2 Å². The largest absolute Gasteiger partial charge is 0.495 e. The van der Waals surface area contributed by atoms with E-state index in [-0.39, 0.29) is 28.0 Å². The molecule has 0 spiro atoms. The smallest absolute Gasteiger partial charge is 0.339 e. The SMILES string of the molecule is COc1ccc(C(=O)OC(C)C#N)cc1S(=O)(=O)N1CC(C)CC(C)C1. The van der Waals surface area contributed by atoms with Gasteiger partial charge in [0.1, 0.15) is 16.7 Å². The third-order valence-electron chi connectivity index (χ3n) is 4.32. The first-order chi connectivity index (χ1) is 12.2. The van der Waals surface area contributed by atoms with Crippen LogP contribution in [0.15, 0.2) is 23.1 Å². The molecule has 1 heterocycles. The lowest BCUT2D eigenvalue weighted by molar-refractivity contribution is 0.0435. The van der Waals surface area contributed by atoms with Crippen LogP contribution in [0.5, 0.6) is 5.75 Å². The molecular weight excluding hydrogens is 356 g/mol. The van der Waals surface area contributed by atoms with Crippen molar-refractivity contribution in [3.8, 4) is 11.8 Å². The van der Waals surface area contributed by atoms with Crippen molar-refractivity contribution < 1.29 is 22.7 Å². The van der Waals surface area contributed by atoms with Gasteiger partial charge in [0.05, 0.1) is 12.7 Å². The summed E-state index contributed by atoms with van der Waals surface area (Å²) >= 11 is 0. The summed E-state index contributed by atoms with van der Waals surface area (Å²) in [5.74, 6) is -0.0763. The second-order valence-corrected chi connectivity index (χ2v) is 8.72. The molecule has 1 fully saturated rings. The molecule has 1 aromatic rings. The van der Waals surface area contributed by atoms with Gasteiger partial charge in [-0.1, -0.05) is 13.8 Å². The summed E-state index contributed by atoms with van der Waals surface area (Å²) in [5.41, 5.74) is 0.0598. The molecule has 0 aromatic heterocycles. The highest BCUT2D eigenvalue weighted by Gasteiger charge is 2.34. The molecule has 0 amide bonds. The van der Waals surface area contributed by atoms with E-state index in [2.05, 4.69) is 0 Å². The number of methoxy groups -OCH3 is 1. The van der Waals surface area contributed by atoms with Crippen molar-refractivity contribution in [3.63, 3.8) is 0 Å². The molecule has 0 N–H and O–H groups in total. The average molecular weight is 380 g/mol. The Bertz CT molecular complexity index is 805. The third-order valence-corrected chi connectivity index (χ3v) is 6.17. The highest BCUT2D eigenvalue weighted by atomic mass is 32.2. The monoisotopic (exact) mass is 380 g/mol. The van der Waals surface area contributed by atoms with Gasteiger partial charge in [-0.3, -0.25) is 0 Å². The quantitative estimate of drug-likeness (QED) is 0.728. The molecule has 0 bridgehead atoms. The molecular formula is C18H24N2O5S. The zero-order valence-corrected chi connectivity index (χ0v) is 16.2. The van der Waals surface area contributed by atoms with Crippen LogP contribution >= 0.6 is 0 Å². The second-order valence-electron chi connectivity index (χ2n) is 6.81. The van der Waals surface area contributed by atoms with E-state index in [0.717, 1.165) is 6.42 Å². The first-order valence-electron chi connectivity index (χ1n) is 8.47. The van der Waals surface area contributed by atoms with Crippen molar-refractivity contribution in [1.82, 2.24) is 4.31 Å². The Morgan fingerprint density at radius 2 is 1.92 bits per heavy atom. The number of ether oxygens (including phenoxy) is 2. The first kappa shape index (κ1) is 20.2. The Hall–Kier alpha value is -2.11. The van der Waals surface area contributed by atoms with E-state index in [1.807, 2.05) is 13.8 Å². The predicted octanol–water partition coefficient (Wildman–Crippen LogP) is 2.43. The summed E-state index contributed by atoms with van der Waals surface area (Å²) in [6.07, 6.45) is 0.0510. The average Bonchev–Trinajstić information content (AvgIpc) is 2.60. The van der Waals surface area contributed by atoms with Crippen molar-refractivity contribution in [1.29, 1.82) is 5.26 Å². The van der Waals surface area contributed by atoms with Crippen LogP contribution in [0.1, 0.15) is 37.6 Å². The normalized spacial score (nSPS) is 22.3. The number of nitriles is 1. The minimum Gasteiger partial charge on any atom is -0.495 e. The molecule has 142 valence electrons. The van der Waals surface area contributed by atoms with Crippen LogP contribution in [0.3, 0.4) is 0 Å². The van der Waals surface area contributed by atoms with E-state index >= 15 is 0 Å². The highest BCUT2D eigenvalue weighted by Crippen LogP contribution is 2.32. The number of nitrogens with zero attached hydrogens (tertiary/aromatic N) is 2. The van der Waals surface area contributed by atoms with E-state index in [9.17, 15) is 13.2 Å². The van der Waals surface area contributed by atoms with Gasteiger partial charge < -0.3 is 9.47 Å². The summed E-state index contributed by atoms with van der Waals surface area (Å²) in [4.78, 5) is 12.1. The van der Waals surface area contributed by atoms with Gasteiger partial charge in [0.15, 0.2) is 6.10 Å². The zero-order valence-electron chi connectivity index (χ0n) is 15.4. The summed E-state index contributed by atoms with van der Waals surface area (Å²) in [6.45, 7) is 6.33. The van der Waals surface area contributed by atoms with Gasteiger partial charge in [0.2, 0.25) is 10.0 Å². The molecule has 3 atom stereocenters. The van der Waals surface area contributed by atoms with Crippen molar-refractivity contribution in [2.75, 3.05) is 20.2 Å². The van der Waals surface area contributed by atoms with E-state index in [4.69, 9.17) is 14.7 Å². The molecule has 26 heavy (non-hydrogen) atoms. The van der Waals surface area contributed by atoms with Crippen LogP contribution < -0.4 is 4.74 Å². The van der Waals surface area contributed by atoms with E-state index in [0.29, 0.717) is 13.1 Å². The molecule has 2 rings (SSSR count). The van der Waals surface area contributed by atoms with Gasteiger partial charge in [-0.05, 0) is 43.4 Å². The van der Waals surface area contributed by atoms with E-state index < -0.39 is 22.1 Å². The topological polar surface area (TPSA) is 96.7 Å². The number of benzene rings is 1. The van der Waals surface area contributed by atoms with Crippen LogP contribution in [0.2, 0.25) is 0 Å². The number of esters is 1. The number of hydrogen-bond acceptors (Lipinski definition) is 6. The van der Waals surface area contributed by atoms with Gasteiger partial charge in [0, 0.05) is 13.1 Å². The number of carbonyl (C=O) groups excluding carboxylic acids is 1. The Balaban J connectivity index is 2.41. The van der Waals surface area contributed by atoms with Crippen molar-refractivity contribution >= 4 is 16.0 Å². The summed E-state index contributed by atoms with van der Waals surface area (Å²) in [6, 6.07) is 5.90. The Labute approximate surface area is 154 Å². The molecule has 0 aliphatic carbocycles. The molecule has 1 saturated heterocycles. The maximum atomic E-state index is 13.2. The zero-order chi connectivity index (χ0) is 19.5. The van der Waals surface area contributed by atoms with Crippen LogP contribution in [0.25, 0.3) is 0 Å². The van der Waals surface area contributed by atoms with Gasteiger partial charge in [-0.2, -0.15) is 9.57 Å². The van der Waals surface area contributed by atoms with Gasteiger partial charge >= 0.3 is 5.97 Å². The maximum absolute atomic E-state index is 13.2. The highest BCUT2D eigenvalue weighted by molar-refractivity contribution is 7.89. The first-order valence-corrected chi connectivity index (χ1v) is 9.91. The molecule has 0 saturated carbocycles. The van der Waals surface area contributed by atoms with Crippen molar-refractivity contribution in [2.24, 2.45) is 11.8 Å². The Morgan fingerprint density at radius 3 is 2.46 bits per heavy atom. The number of carbonyl (C=O) groups is 1. The molecule has 1 aliphatic rings. The molecule has 7 nitrogen and oxygen atoms in total. The fourth-order valence-corrected chi connectivity index (χ4v) is 5.06. The van der Waals surface area contributed by atoms with E-state index in [1.165, 1.54) is 36.5 Å². The summed E-state index contributed by atoms with van der Waals surface area (Å²) in [5, 5.41) is 8.77. The van der Waals surface area contributed by atoms with Gasteiger partial charge in [-0.15, -0.1) is 0 Å². The Kier molecular flexibility index (Phi) is 6.26. The lowest BCUT2D eigenvalue weighted by Crippen LogP contribution is -2.42. The second kappa shape index (κ2) is 8.06. The van der Waals surface area contributed by atoms with Crippen LogP contribution in [0.4, 0.5) is 0 Å². The number of hydrogen-bond donors (Lipinski definition) is 0. The minimum atomic E-state index is -3.83. The molecule has 0 radical (unpaired) electrons. The van der Waals surface area contributed by atoms with E-state index in [1.54, 1.807) is 6.07 Å². The molecule has 8 heteroatoms. The molecule has 1 aromatic carbocycles. The van der Waals surface area contributed by atoms with Crippen molar-refractivity contribution in [3.05, 3.63) is 23.8 Å². The van der Waals surface area contributed by atoms with Crippen LogP contribution in [-0.2, 0) is 14.8 Å². The Morgan fingerprint density at radius 1 is 1.31 bits per heavy atom. The van der Waals surface area contributed by atoms with Gasteiger partial charge in [0.25, 0.3) is 0 Å². The molecule has 1 aliphatic heterocycles. The lowest BCUT2D eigenvalue weighted by Gasteiger charge is -2.34. The van der Waals surface area contributed by atoms with Crippen molar-refractivity contribution in [2.45, 2.75) is 38.2 Å². The lowest BCUT2D eigenvalue weighted by atomic mass is 9.94. The minimum absolute atomic E-state index is 0.0598. The van der Waals surface area contributed by atoms with Crippen LogP contribution in [0, 0.1) is 23.2 Å². The maximum Gasteiger partial charge on any atom is 0.339 e.